The first-order valence-corrected chi connectivity index (χ1v) is 9.57. The Bertz CT molecular complexity index is 760. The molecular weight excluding hydrogens is 348 g/mol. The van der Waals surface area contributed by atoms with Crippen LogP contribution in [0, 0.1) is 5.92 Å². The predicted octanol–water partition coefficient (Wildman–Crippen LogP) is 3.81. The number of para-hydroxylation sites is 1. The van der Waals surface area contributed by atoms with Crippen LogP contribution in [0.4, 0.5) is 5.69 Å². The van der Waals surface area contributed by atoms with Gasteiger partial charge in [0.25, 0.3) is 5.91 Å². The quantitative estimate of drug-likeness (QED) is 0.725. The highest BCUT2D eigenvalue weighted by molar-refractivity contribution is 7.98. The van der Waals surface area contributed by atoms with Gasteiger partial charge in [-0.2, -0.15) is 0 Å². The van der Waals surface area contributed by atoms with E-state index in [2.05, 4.69) is 10.6 Å². The normalized spacial score (nSPS) is 11.7. The van der Waals surface area contributed by atoms with Crippen LogP contribution in [-0.2, 0) is 4.79 Å². The standard InChI is InChI=1S/C20H24N2O3S/c1-13(2)18(20(24)21-14-9-11-15(26-4)12-10-14)22-19(23)16-7-5-6-8-17(16)25-3/h5-13,18H,1-4H3,(H,21,24)(H,22,23)/t18-/m0/s1. The van der Waals surface area contributed by atoms with Gasteiger partial charge >= 0.3 is 0 Å². The van der Waals surface area contributed by atoms with Crippen LogP contribution >= 0.6 is 11.8 Å². The van der Waals surface area contributed by atoms with Crippen molar-refractivity contribution in [3.8, 4) is 5.75 Å². The molecule has 0 saturated heterocycles. The molecule has 6 heteroatoms. The van der Waals surface area contributed by atoms with Gasteiger partial charge in [-0.05, 0) is 48.6 Å². The van der Waals surface area contributed by atoms with Crippen LogP contribution in [0.1, 0.15) is 24.2 Å². The number of ether oxygens (including phenoxy) is 1. The highest BCUT2D eigenvalue weighted by atomic mass is 32.2. The summed E-state index contributed by atoms with van der Waals surface area (Å²) in [6.07, 6.45) is 2.00. The molecule has 138 valence electrons. The molecule has 2 rings (SSSR count). The van der Waals surface area contributed by atoms with Crippen molar-refractivity contribution >= 4 is 29.3 Å². The largest absolute Gasteiger partial charge is 0.496 e. The predicted molar refractivity (Wildman–Crippen MR) is 106 cm³/mol. The molecule has 26 heavy (non-hydrogen) atoms. The Hall–Kier alpha value is -2.47. The van der Waals surface area contributed by atoms with Crippen molar-refractivity contribution < 1.29 is 14.3 Å². The number of carbonyl (C=O) groups is 2. The summed E-state index contributed by atoms with van der Waals surface area (Å²) in [4.78, 5) is 26.4. The number of amides is 2. The molecule has 0 heterocycles. The van der Waals surface area contributed by atoms with Crippen molar-refractivity contribution in [3.63, 3.8) is 0 Å². The maximum absolute atomic E-state index is 12.7. The first kappa shape index (κ1) is 19.8. The zero-order valence-corrected chi connectivity index (χ0v) is 16.2. The third-order valence-corrected chi connectivity index (χ3v) is 4.69. The summed E-state index contributed by atoms with van der Waals surface area (Å²) >= 11 is 1.64. The Morgan fingerprint density at radius 1 is 1.04 bits per heavy atom. The van der Waals surface area contributed by atoms with Gasteiger partial charge in [0, 0.05) is 10.6 Å². The topological polar surface area (TPSA) is 67.4 Å². The minimum atomic E-state index is -0.660. The summed E-state index contributed by atoms with van der Waals surface area (Å²) in [5.74, 6) is -0.186. The van der Waals surface area contributed by atoms with Crippen LogP contribution in [0.3, 0.4) is 0 Å². The molecule has 0 aromatic heterocycles. The molecule has 2 aromatic carbocycles. The minimum absolute atomic E-state index is 0.0703. The number of anilines is 1. The molecular formula is C20H24N2O3S. The SMILES string of the molecule is COc1ccccc1C(=O)N[C@H](C(=O)Nc1ccc(SC)cc1)C(C)C. The number of nitrogens with one attached hydrogen (secondary N) is 2. The molecule has 5 nitrogen and oxygen atoms in total. The van der Waals surface area contributed by atoms with Gasteiger partial charge in [-0.25, -0.2) is 0 Å². The summed E-state index contributed by atoms with van der Waals surface area (Å²) in [7, 11) is 1.51. The fourth-order valence-electron chi connectivity index (χ4n) is 2.48. The lowest BCUT2D eigenvalue weighted by atomic mass is 10.0. The molecule has 0 bridgehead atoms. The van der Waals surface area contributed by atoms with Crippen molar-refractivity contribution in [1.29, 1.82) is 0 Å². The minimum Gasteiger partial charge on any atom is -0.496 e. The third-order valence-electron chi connectivity index (χ3n) is 3.94. The van der Waals surface area contributed by atoms with E-state index in [1.54, 1.807) is 36.0 Å². The van der Waals surface area contributed by atoms with Crippen LogP contribution in [0.15, 0.2) is 53.4 Å². The Balaban J connectivity index is 2.11. The number of thioether (sulfide) groups is 1. The van der Waals surface area contributed by atoms with Gasteiger partial charge in [-0.1, -0.05) is 26.0 Å². The molecule has 2 amide bonds. The van der Waals surface area contributed by atoms with Crippen LogP contribution < -0.4 is 15.4 Å². The van der Waals surface area contributed by atoms with Gasteiger partial charge in [0.2, 0.25) is 5.91 Å². The van der Waals surface area contributed by atoms with E-state index in [1.807, 2.05) is 44.4 Å². The fraction of sp³-hybridized carbons (Fsp3) is 0.300. The third kappa shape index (κ3) is 5.02. The molecule has 0 saturated carbocycles. The zero-order valence-electron chi connectivity index (χ0n) is 15.4. The highest BCUT2D eigenvalue weighted by Gasteiger charge is 2.25. The first-order chi connectivity index (χ1) is 12.5. The van der Waals surface area contributed by atoms with Crippen LogP contribution in [-0.4, -0.2) is 31.2 Å². The smallest absolute Gasteiger partial charge is 0.255 e. The lowest BCUT2D eigenvalue weighted by Crippen LogP contribution is -2.47. The van der Waals surface area contributed by atoms with Crippen molar-refractivity contribution in [2.45, 2.75) is 24.8 Å². The van der Waals surface area contributed by atoms with Gasteiger partial charge in [-0.3, -0.25) is 9.59 Å². The first-order valence-electron chi connectivity index (χ1n) is 8.35. The maximum atomic E-state index is 12.7. The summed E-state index contributed by atoms with van der Waals surface area (Å²) in [5.41, 5.74) is 1.10. The maximum Gasteiger partial charge on any atom is 0.255 e. The summed E-state index contributed by atoms with van der Waals surface area (Å²) in [5, 5.41) is 5.68. The van der Waals surface area contributed by atoms with Crippen molar-refractivity contribution in [1.82, 2.24) is 5.32 Å². The van der Waals surface area contributed by atoms with E-state index in [4.69, 9.17) is 4.74 Å². The van der Waals surface area contributed by atoms with Crippen LogP contribution in [0.2, 0.25) is 0 Å². The van der Waals surface area contributed by atoms with Crippen molar-refractivity contribution in [3.05, 3.63) is 54.1 Å². The summed E-state index contributed by atoms with van der Waals surface area (Å²) < 4.78 is 5.22. The van der Waals surface area contributed by atoms with E-state index < -0.39 is 6.04 Å². The number of hydrogen-bond acceptors (Lipinski definition) is 4. The monoisotopic (exact) mass is 372 g/mol. The molecule has 2 N–H and O–H groups in total. The zero-order chi connectivity index (χ0) is 19.1. The van der Waals surface area contributed by atoms with Gasteiger partial charge in [-0.15, -0.1) is 11.8 Å². The second kappa shape index (κ2) is 9.29. The molecule has 0 spiro atoms. The highest BCUT2D eigenvalue weighted by Crippen LogP contribution is 2.19. The molecule has 1 atom stereocenters. The van der Waals surface area contributed by atoms with Gasteiger partial charge < -0.3 is 15.4 Å². The molecule has 0 radical (unpaired) electrons. The molecule has 0 aliphatic heterocycles. The molecule has 0 aliphatic carbocycles. The molecule has 0 aliphatic rings. The number of rotatable bonds is 7. The number of benzene rings is 2. The van der Waals surface area contributed by atoms with Gasteiger partial charge in [0.15, 0.2) is 0 Å². The van der Waals surface area contributed by atoms with Crippen LogP contribution in [0.5, 0.6) is 5.75 Å². The average molecular weight is 372 g/mol. The van der Waals surface area contributed by atoms with Crippen molar-refractivity contribution in [2.75, 3.05) is 18.7 Å². The summed E-state index contributed by atoms with van der Waals surface area (Å²) in [6.45, 7) is 3.78. The van der Waals surface area contributed by atoms with Crippen molar-refractivity contribution in [2.24, 2.45) is 5.92 Å². The van der Waals surface area contributed by atoms with E-state index in [-0.39, 0.29) is 17.7 Å². The second-order valence-corrected chi connectivity index (χ2v) is 6.99. The lowest BCUT2D eigenvalue weighted by Gasteiger charge is -2.22. The number of hydrogen-bond donors (Lipinski definition) is 2. The Morgan fingerprint density at radius 2 is 1.69 bits per heavy atom. The summed E-state index contributed by atoms with van der Waals surface area (Å²) in [6, 6.07) is 13.9. The Labute approximate surface area is 158 Å². The molecule has 0 fully saturated rings. The van der Waals surface area contributed by atoms with E-state index in [1.165, 1.54) is 7.11 Å². The number of methoxy groups -OCH3 is 1. The Morgan fingerprint density at radius 3 is 2.27 bits per heavy atom. The van der Waals surface area contributed by atoms with Gasteiger partial charge in [0.1, 0.15) is 11.8 Å². The van der Waals surface area contributed by atoms with Gasteiger partial charge in [0.05, 0.1) is 12.7 Å². The second-order valence-electron chi connectivity index (χ2n) is 6.11. The van der Waals surface area contributed by atoms with E-state index in [0.29, 0.717) is 17.0 Å². The van der Waals surface area contributed by atoms with E-state index in [0.717, 1.165) is 4.90 Å². The van der Waals surface area contributed by atoms with E-state index in [9.17, 15) is 9.59 Å². The Kier molecular flexibility index (Phi) is 7.09. The molecule has 2 aromatic rings. The average Bonchev–Trinajstić information content (AvgIpc) is 2.66. The lowest BCUT2D eigenvalue weighted by molar-refractivity contribution is -0.118. The van der Waals surface area contributed by atoms with Crippen LogP contribution in [0.25, 0.3) is 0 Å². The van der Waals surface area contributed by atoms with E-state index >= 15 is 0 Å². The molecule has 0 unspecified atom stereocenters. The number of carbonyl (C=O) groups excluding carboxylic acids is 2. The fourth-order valence-corrected chi connectivity index (χ4v) is 2.89.